The summed E-state index contributed by atoms with van der Waals surface area (Å²) in [4.78, 5) is 29.7. The summed E-state index contributed by atoms with van der Waals surface area (Å²) < 4.78 is 1.94. The van der Waals surface area contributed by atoms with E-state index in [9.17, 15) is 14.9 Å². The standard InChI is InChI=1S/C22H19N4O3S2/c1-3-11-24-19(16-5-4-6-18(12-16)26(28)29)14-30-21(24)23-22-25(13-20(27)31-22)17-9-7-15(2)8-10-17/h3-10,12,14H,1,11,13H2,2H3/q+1. The maximum atomic E-state index is 12.2. The normalized spacial score (nSPS) is 14.9. The van der Waals surface area contributed by atoms with Crippen LogP contribution in [0.3, 0.4) is 0 Å². The van der Waals surface area contributed by atoms with Crippen molar-refractivity contribution in [3.63, 3.8) is 0 Å². The van der Waals surface area contributed by atoms with Crippen LogP contribution in [0.2, 0.25) is 0 Å². The van der Waals surface area contributed by atoms with Gasteiger partial charge >= 0.3 is 5.13 Å². The zero-order chi connectivity index (χ0) is 22.0. The molecule has 0 spiro atoms. The first-order chi connectivity index (χ1) is 15.0. The van der Waals surface area contributed by atoms with Crippen molar-refractivity contribution in [1.29, 1.82) is 0 Å². The lowest BCUT2D eigenvalue weighted by molar-refractivity contribution is -0.658. The van der Waals surface area contributed by atoms with Crippen molar-refractivity contribution in [3.05, 3.63) is 82.2 Å². The Hall–Kier alpha value is -3.30. The van der Waals surface area contributed by atoms with Crippen LogP contribution in [0, 0.1) is 17.0 Å². The van der Waals surface area contributed by atoms with Crippen LogP contribution in [0.25, 0.3) is 11.3 Å². The molecule has 0 aliphatic carbocycles. The molecule has 0 saturated carbocycles. The highest BCUT2D eigenvalue weighted by Gasteiger charge is 2.34. The molecule has 3 aromatic rings. The third-order valence-electron chi connectivity index (χ3n) is 4.72. The first-order valence-electron chi connectivity index (χ1n) is 9.47. The van der Waals surface area contributed by atoms with Gasteiger partial charge < -0.3 is 0 Å². The molecule has 1 aliphatic heterocycles. The van der Waals surface area contributed by atoms with E-state index in [1.54, 1.807) is 18.2 Å². The van der Waals surface area contributed by atoms with E-state index in [2.05, 4.69) is 6.58 Å². The molecule has 0 unspecified atom stereocenters. The number of hydrogen-bond donors (Lipinski definition) is 0. The number of aliphatic imine (C=N–C) groups is 1. The SMILES string of the molecule is C=CC[n+]1c(-c2cccc([N+](=O)[O-])c2)csc1N=C1SC(=O)CN1c1ccc(C)cc1. The highest BCUT2D eigenvalue weighted by atomic mass is 32.2. The van der Waals surface area contributed by atoms with Crippen molar-refractivity contribution >= 4 is 49.9 Å². The monoisotopic (exact) mass is 451 g/mol. The smallest absolute Gasteiger partial charge is 0.291 e. The number of carbonyl (C=O) groups excluding carboxylic acids is 1. The number of nitrogens with zero attached hydrogens (tertiary/aromatic N) is 4. The maximum Gasteiger partial charge on any atom is 0.385 e. The van der Waals surface area contributed by atoms with Crippen molar-refractivity contribution in [1.82, 2.24) is 0 Å². The van der Waals surface area contributed by atoms with Crippen molar-refractivity contribution in [2.75, 3.05) is 11.4 Å². The van der Waals surface area contributed by atoms with Crippen molar-refractivity contribution in [2.45, 2.75) is 13.5 Å². The minimum atomic E-state index is -0.408. The Labute approximate surface area is 187 Å². The van der Waals surface area contributed by atoms with Gasteiger partial charge in [0.2, 0.25) is 5.12 Å². The Morgan fingerprint density at radius 2 is 2.06 bits per heavy atom. The van der Waals surface area contributed by atoms with Crippen LogP contribution in [0.5, 0.6) is 0 Å². The number of carbonyl (C=O) groups is 1. The second kappa shape index (κ2) is 8.83. The number of thiazole rings is 1. The Kier molecular flexibility index (Phi) is 5.97. The summed E-state index contributed by atoms with van der Waals surface area (Å²) >= 11 is 2.54. The number of aromatic nitrogens is 1. The lowest BCUT2D eigenvalue weighted by Crippen LogP contribution is -2.34. The summed E-state index contributed by atoms with van der Waals surface area (Å²) in [6.07, 6.45) is 1.75. The van der Waals surface area contributed by atoms with Crippen LogP contribution in [-0.2, 0) is 11.3 Å². The molecule has 4 rings (SSSR count). The van der Waals surface area contributed by atoms with Crippen LogP contribution in [0.4, 0.5) is 16.5 Å². The zero-order valence-corrected chi connectivity index (χ0v) is 18.4. The fraction of sp³-hybridized carbons (Fsp3) is 0.136. The molecule has 2 heterocycles. The molecule has 0 N–H and O–H groups in total. The van der Waals surface area contributed by atoms with Gasteiger partial charge in [0.25, 0.3) is 10.9 Å². The number of amidine groups is 1. The Balaban J connectivity index is 1.75. The van der Waals surface area contributed by atoms with E-state index in [-0.39, 0.29) is 17.3 Å². The number of benzene rings is 2. The molecule has 7 nitrogen and oxygen atoms in total. The van der Waals surface area contributed by atoms with Crippen LogP contribution >= 0.6 is 23.1 Å². The second-order valence-corrected chi connectivity index (χ2v) is 8.76. The van der Waals surface area contributed by atoms with E-state index in [0.29, 0.717) is 16.8 Å². The molecule has 1 fully saturated rings. The van der Waals surface area contributed by atoms with Gasteiger partial charge in [-0.1, -0.05) is 53.8 Å². The number of non-ortho nitro benzene ring substituents is 1. The average molecular weight is 452 g/mol. The molecule has 31 heavy (non-hydrogen) atoms. The summed E-state index contributed by atoms with van der Waals surface area (Å²) in [7, 11) is 0. The van der Waals surface area contributed by atoms with Gasteiger partial charge in [0, 0.05) is 40.5 Å². The van der Waals surface area contributed by atoms with E-state index in [0.717, 1.165) is 34.3 Å². The van der Waals surface area contributed by atoms with E-state index >= 15 is 0 Å². The van der Waals surface area contributed by atoms with Gasteiger partial charge in [0.1, 0.15) is 12.2 Å². The molecule has 156 valence electrons. The highest BCUT2D eigenvalue weighted by molar-refractivity contribution is 8.27. The minimum Gasteiger partial charge on any atom is -0.291 e. The molecule has 1 aliphatic rings. The highest BCUT2D eigenvalue weighted by Crippen LogP contribution is 2.32. The topological polar surface area (TPSA) is 79.7 Å². The fourth-order valence-electron chi connectivity index (χ4n) is 3.21. The number of thioether (sulfide) groups is 1. The molecule has 0 atom stereocenters. The minimum absolute atomic E-state index is 0.0317. The van der Waals surface area contributed by atoms with Gasteiger partial charge in [0.05, 0.1) is 11.5 Å². The number of nitro groups is 1. The van der Waals surface area contributed by atoms with Crippen molar-refractivity contribution < 1.29 is 14.3 Å². The molecule has 1 saturated heterocycles. The zero-order valence-electron chi connectivity index (χ0n) is 16.7. The number of nitro benzene ring substituents is 1. The van der Waals surface area contributed by atoms with Gasteiger partial charge in [0.15, 0.2) is 0 Å². The third-order valence-corrected chi connectivity index (χ3v) is 6.44. The fourth-order valence-corrected chi connectivity index (χ4v) is 5.00. The van der Waals surface area contributed by atoms with Gasteiger partial charge in [-0.2, -0.15) is 0 Å². The van der Waals surface area contributed by atoms with Crippen molar-refractivity contribution in [3.8, 4) is 11.3 Å². The van der Waals surface area contributed by atoms with E-state index in [4.69, 9.17) is 4.99 Å². The lowest BCUT2D eigenvalue weighted by atomic mass is 10.1. The molecular formula is C22H19N4O3S2+. The molecule has 2 aromatic carbocycles. The number of anilines is 1. The molecule has 1 aromatic heterocycles. The molecule has 0 bridgehead atoms. The Morgan fingerprint density at radius 1 is 1.29 bits per heavy atom. The molecule has 0 radical (unpaired) electrons. The lowest BCUT2D eigenvalue weighted by Gasteiger charge is -2.13. The predicted octanol–water partition coefficient (Wildman–Crippen LogP) is 4.87. The first-order valence-corrected chi connectivity index (χ1v) is 11.2. The Morgan fingerprint density at radius 3 is 2.77 bits per heavy atom. The van der Waals surface area contributed by atoms with Crippen LogP contribution in [-0.4, -0.2) is 21.8 Å². The number of allylic oxidation sites excluding steroid dienone is 1. The Bertz CT molecular complexity index is 1200. The van der Waals surface area contributed by atoms with Crippen LogP contribution in [0.1, 0.15) is 5.56 Å². The van der Waals surface area contributed by atoms with E-state index < -0.39 is 4.92 Å². The summed E-state index contributed by atoms with van der Waals surface area (Å²) in [5.41, 5.74) is 3.62. The maximum absolute atomic E-state index is 12.2. The number of hydrogen-bond acceptors (Lipinski definition) is 6. The van der Waals surface area contributed by atoms with Crippen LogP contribution in [0.15, 0.2) is 71.6 Å². The van der Waals surface area contributed by atoms with Crippen LogP contribution < -0.4 is 9.47 Å². The van der Waals surface area contributed by atoms with Gasteiger partial charge in [-0.15, -0.1) is 0 Å². The summed E-state index contributed by atoms with van der Waals surface area (Å²) in [5, 5.41) is 14.4. The van der Waals surface area contributed by atoms with E-state index in [1.165, 1.54) is 17.4 Å². The van der Waals surface area contributed by atoms with Gasteiger partial charge in [-0.25, -0.2) is 4.57 Å². The predicted molar refractivity (Wildman–Crippen MR) is 125 cm³/mol. The summed E-state index contributed by atoms with van der Waals surface area (Å²) in [6.45, 7) is 6.59. The average Bonchev–Trinajstić information content (AvgIpc) is 3.32. The second-order valence-electron chi connectivity index (χ2n) is 6.90. The summed E-state index contributed by atoms with van der Waals surface area (Å²) in [6, 6.07) is 14.5. The summed E-state index contributed by atoms with van der Waals surface area (Å²) in [5.74, 6) is 0. The number of rotatable bonds is 6. The molecular weight excluding hydrogens is 432 g/mol. The number of aryl methyl sites for hydroxylation is 1. The van der Waals surface area contributed by atoms with E-state index in [1.807, 2.05) is 52.1 Å². The van der Waals surface area contributed by atoms with Gasteiger partial charge in [-0.05, 0) is 24.0 Å². The largest absolute Gasteiger partial charge is 0.385 e. The first kappa shape index (κ1) is 21.0. The quantitative estimate of drug-likeness (QED) is 0.231. The van der Waals surface area contributed by atoms with Crippen molar-refractivity contribution in [2.24, 2.45) is 4.99 Å². The molecule has 0 amide bonds. The third kappa shape index (κ3) is 4.42. The molecule has 9 heteroatoms. The van der Waals surface area contributed by atoms with Gasteiger partial charge in [-0.3, -0.25) is 19.8 Å².